The fourth-order valence-corrected chi connectivity index (χ4v) is 1.66. The second-order valence-electron chi connectivity index (χ2n) is 3.60. The highest BCUT2D eigenvalue weighted by atomic mass is 79.9. The summed E-state index contributed by atoms with van der Waals surface area (Å²) in [6, 6.07) is 7.41. The van der Waals surface area contributed by atoms with Gasteiger partial charge < -0.3 is 9.47 Å². The van der Waals surface area contributed by atoms with Gasteiger partial charge in [-0.1, -0.05) is 29.3 Å². The molecule has 17 heavy (non-hydrogen) atoms. The first-order valence-corrected chi connectivity index (χ1v) is 6.55. The summed E-state index contributed by atoms with van der Waals surface area (Å²) in [5.74, 6) is 0.386. The molecule has 0 heterocycles. The van der Waals surface area contributed by atoms with Crippen LogP contribution in [0.25, 0.3) is 0 Å². The van der Waals surface area contributed by atoms with E-state index in [0.717, 1.165) is 10.9 Å². The average molecular weight is 301 g/mol. The van der Waals surface area contributed by atoms with Crippen LogP contribution >= 0.6 is 15.9 Å². The van der Waals surface area contributed by atoms with Crippen LogP contribution in [-0.4, -0.2) is 18.7 Å². The Bertz CT molecular complexity index is 348. The predicted octanol–water partition coefficient (Wildman–Crippen LogP) is 3.56. The SMILES string of the molecule is CCCC(Oc1ccc(Br)cc1)C(=O)OCC. The maximum atomic E-state index is 11.6. The number of ether oxygens (including phenoxy) is 2. The van der Waals surface area contributed by atoms with Crippen molar-refractivity contribution in [3.05, 3.63) is 28.7 Å². The van der Waals surface area contributed by atoms with Gasteiger partial charge in [0.1, 0.15) is 5.75 Å². The minimum absolute atomic E-state index is 0.294. The molecule has 1 atom stereocenters. The lowest BCUT2D eigenvalue weighted by atomic mass is 10.2. The number of carbonyl (C=O) groups excluding carboxylic acids is 1. The van der Waals surface area contributed by atoms with Gasteiger partial charge in [-0.25, -0.2) is 4.79 Å². The molecule has 0 aliphatic heterocycles. The van der Waals surface area contributed by atoms with Gasteiger partial charge in [-0.3, -0.25) is 0 Å². The molecule has 0 amide bonds. The average Bonchev–Trinajstić information content (AvgIpc) is 2.31. The summed E-state index contributed by atoms with van der Waals surface area (Å²) in [4.78, 5) is 11.6. The summed E-state index contributed by atoms with van der Waals surface area (Å²) < 4.78 is 11.6. The van der Waals surface area contributed by atoms with Gasteiger partial charge >= 0.3 is 5.97 Å². The fraction of sp³-hybridized carbons (Fsp3) is 0.462. The van der Waals surface area contributed by atoms with E-state index in [1.807, 2.05) is 31.2 Å². The summed E-state index contributed by atoms with van der Waals surface area (Å²) >= 11 is 3.35. The minimum atomic E-state index is -0.513. The van der Waals surface area contributed by atoms with Crippen molar-refractivity contribution in [1.29, 1.82) is 0 Å². The summed E-state index contributed by atoms with van der Waals surface area (Å²) in [5, 5.41) is 0. The standard InChI is InChI=1S/C13H17BrO3/c1-3-5-12(13(15)16-4-2)17-11-8-6-10(14)7-9-11/h6-9,12H,3-5H2,1-2H3. The third-order valence-corrected chi connectivity index (χ3v) is 2.72. The molecule has 0 aliphatic carbocycles. The van der Waals surface area contributed by atoms with Crippen molar-refractivity contribution >= 4 is 21.9 Å². The molecule has 1 unspecified atom stereocenters. The van der Waals surface area contributed by atoms with Gasteiger partial charge in [0.25, 0.3) is 0 Å². The van der Waals surface area contributed by atoms with Crippen LogP contribution in [0.5, 0.6) is 5.75 Å². The van der Waals surface area contributed by atoms with Crippen LogP contribution in [-0.2, 0) is 9.53 Å². The van der Waals surface area contributed by atoms with Crippen LogP contribution in [0.2, 0.25) is 0 Å². The Labute approximate surface area is 110 Å². The second-order valence-corrected chi connectivity index (χ2v) is 4.52. The van der Waals surface area contributed by atoms with E-state index in [1.54, 1.807) is 6.92 Å². The monoisotopic (exact) mass is 300 g/mol. The molecule has 0 fully saturated rings. The van der Waals surface area contributed by atoms with Crippen LogP contribution in [0.1, 0.15) is 26.7 Å². The van der Waals surface area contributed by atoms with E-state index in [0.29, 0.717) is 18.8 Å². The van der Waals surface area contributed by atoms with E-state index >= 15 is 0 Å². The van der Waals surface area contributed by atoms with Crippen LogP contribution < -0.4 is 4.74 Å². The van der Waals surface area contributed by atoms with Crippen molar-refractivity contribution < 1.29 is 14.3 Å². The van der Waals surface area contributed by atoms with Gasteiger partial charge in [-0.2, -0.15) is 0 Å². The van der Waals surface area contributed by atoms with Gasteiger partial charge in [-0.05, 0) is 37.6 Å². The Balaban J connectivity index is 2.65. The highest BCUT2D eigenvalue weighted by Gasteiger charge is 2.20. The molecule has 4 heteroatoms. The quantitative estimate of drug-likeness (QED) is 0.754. The van der Waals surface area contributed by atoms with E-state index in [9.17, 15) is 4.79 Å². The first-order valence-electron chi connectivity index (χ1n) is 5.76. The molecular weight excluding hydrogens is 284 g/mol. The highest BCUT2D eigenvalue weighted by molar-refractivity contribution is 9.10. The molecule has 1 rings (SSSR count). The Morgan fingerprint density at radius 1 is 1.29 bits per heavy atom. The lowest BCUT2D eigenvalue weighted by Crippen LogP contribution is -2.29. The second kappa shape index (κ2) is 7.33. The molecule has 1 aromatic rings. The van der Waals surface area contributed by atoms with E-state index < -0.39 is 6.10 Å². The third kappa shape index (κ3) is 4.77. The van der Waals surface area contributed by atoms with E-state index in [1.165, 1.54) is 0 Å². The van der Waals surface area contributed by atoms with Gasteiger partial charge in [-0.15, -0.1) is 0 Å². The number of esters is 1. The fourth-order valence-electron chi connectivity index (χ4n) is 1.40. The molecule has 94 valence electrons. The Morgan fingerprint density at radius 2 is 1.94 bits per heavy atom. The van der Waals surface area contributed by atoms with Crippen molar-refractivity contribution in [3.63, 3.8) is 0 Å². The summed E-state index contributed by atoms with van der Waals surface area (Å²) in [6.45, 7) is 4.18. The van der Waals surface area contributed by atoms with Gasteiger partial charge in [0.15, 0.2) is 6.10 Å². The Hall–Kier alpha value is -1.03. The molecule has 0 radical (unpaired) electrons. The smallest absolute Gasteiger partial charge is 0.347 e. The van der Waals surface area contributed by atoms with E-state index in [2.05, 4.69) is 15.9 Å². The molecule has 1 aromatic carbocycles. The molecule has 0 bridgehead atoms. The zero-order valence-electron chi connectivity index (χ0n) is 10.1. The highest BCUT2D eigenvalue weighted by Crippen LogP contribution is 2.19. The molecule has 0 aromatic heterocycles. The molecule has 0 saturated carbocycles. The normalized spacial score (nSPS) is 11.9. The first kappa shape index (κ1) is 14.0. The summed E-state index contributed by atoms with van der Waals surface area (Å²) in [7, 11) is 0. The molecular formula is C13H17BrO3. The van der Waals surface area contributed by atoms with Crippen LogP contribution in [0.4, 0.5) is 0 Å². The molecule has 3 nitrogen and oxygen atoms in total. The lowest BCUT2D eigenvalue weighted by molar-refractivity contribution is -0.151. The third-order valence-electron chi connectivity index (χ3n) is 2.19. The molecule has 0 N–H and O–H groups in total. The maximum absolute atomic E-state index is 11.6. The molecule has 0 aliphatic rings. The number of carbonyl (C=O) groups is 1. The zero-order chi connectivity index (χ0) is 12.7. The summed E-state index contributed by atoms with van der Waals surface area (Å²) in [6.07, 6.45) is 1.02. The zero-order valence-corrected chi connectivity index (χ0v) is 11.7. The number of halogens is 1. The summed E-state index contributed by atoms with van der Waals surface area (Å²) in [5.41, 5.74) is 0. The van der Waals surface area contributed by atoms with Crippen molar-refractivity contribution in [3.8, 4) is 5.75 Å². The van der Waals surface area contributed by atoms with Crippen molar-refractivity contribution in [2.45, 2.75) is 32.8 Å². The first-order chi connectivity index (χ1) is 8.17. The van der Waals surface area contributed by atoms with Crippen LogP contribution in [0.15, 0.2) is 28.7 Å². The maximum Gasteiger partial charge on any atom is 0.347 e. The largest absolute Gasteiger partial charge is 0.479 e. The van der Waals surface area contributed by atoms with Gasteiger partial charge in [0.05, 0.1) is 6.61 Å². The lowest BCUT2D eigenvalue weighted by Gasteiger charge is -2.16. The number of hydrogen-bond acceptors (Lipinski definition) is 3. The van der Waals surface area contributed by atoms with Crippen molar-refractivity contribution in [1.82, 2.24) is 0 Å². The Kier molecular flexibility index (Phi) is 6.05. The minimum Gasteiger partial charge on any atom is -0.479 e. The van der Waals surface area contributed by atoms with Crippen LogP contribution in [0.3, 0.4) is 0 Å². The van der Waals surface area contributed by atoms with Gasteiger partial charge in [0.2, 0.25) is 0 Å². The van der Waals surface area contributed by atoms with Crippen molar-refractivity contribution in [2.75, 3.05) is 6.61 Å². The number of rotatable bonds is 6. The van der Waals surface area contributed by atoms with Crippen molar-refractivity contribution in [2.24, 2.45) is 0 Å². The van der Waals surface area contributed by atoms with Crippen LogP contribution in [0, 0.1) is 0 Å². The topological polar surface area (TPSA) is 35.5 Å². The van der Waals surface area contributed by atoms with E-state index in [4.69, 9.17) is 9.47 Å². The number of benzene rings is 1. The van der Waals surface area contributed by atoms with E-state index in [-0.39, 0.29) is 5.97 Å². The number of hydrogen-bond donors (Lipinski definition) is 0. The Morgan fingerprint density at radius 3 is 2.47 bits per heavy atom. The van der Waals surface area contributed by atoms with Gasteiger partial charge in [0, 0.05) is 4.47 Å². The molecule has 0 spiro atoms. The molecule has 0 saturated heterocycles. The predicted molar refractivity (Wildman–Crippen MR) is 70.1 cm³/mol.